The van der Waals surface area contributed by atoms with Gasteiger partial charge in [-0.05, 0) is 31.2 Å². The molecule has 0 aliphatic rings. The normalized spacial score (nSPS) is 12.1. The summed E-state index contributed by atoms with van der Waals surface area (Å²) in [6, 6.07) is 5.51. The van der Waals surface area contributed by atoms with Crippen molar-refractivity contribution in [3.63, 3.8) is 0 Å². The third kappa shape index (κ3) is 3.95. The summed E-state index contributed by atoms with van der Waals surface area (Å²) in [7, 11) is 0. The molecular weight excluding hydrogens is 287 g/mol. The van der Waals surface area contributed by atoms with Gasteiger partial charge in [-0.15, -0.1) is 10.2 Å². The van der Waals surface area contributed by atoms with E-state index in [1.54, 1.807) is 0 Å². The maximum absolute atomic E-state index is 12.7. The molecule has 0 amide bonds. The Bertz CT molecular complexity index is 587. The van der Waals surface area contributed by atoms with Gasteiger partial charge in [-0.2, -0.15) is 0 Å². The number of carboxylic acids is 1. The molecule has 1 heterocycles. The second-order valence-corrected chi connectivity index (χ2v) is 5.09. The van der Waals surface area contributed by atoms with E-state index in [1.807, 2.05) is 0 Å². The number of thioether (sulfide) groups is 1. The van der Waals surface area contributed by atoms with E-state index in [0.29, 0.717) is 5.75 Å². The first-order valence-electron chi connectivity index (χ1n) is 5.65. The van der Waals surface area contributed by atoms with Crippen molar-refractivity contribution in [3.8, 4) is 5.75 Å². The molecule has 1 atom stereocenters. The van der Waals surface area contributed by atoms with Crippen molar-refractivity contribution in [2.75, 3.05) is 0 Å². The Morgan fingerprint density at radius 3 is 2.80 bits per heavy atom. The fourth-order valence-electron chi connectivity index (χ4n) is 1.22. The number of rotatable bonds is 6. The maximum atomic E-state index is 12.7. The molecule has 0 radical (unpaired) electrons. The van der Waals surface area contributed by atoms with Crippen LogP contribution < -0.4 is 4.74 Å². The van der Waals surface area contributed by atoms with Crippen LogP contribution in [0.5, 0.6) is 5.75 Å². The van der Waals surface area contributed by atoms with E-state index in [0.717, 1.165) is 11.8 Å². The highest BCUT2D eigenvalue weighted by atomic mass is 32.2. The van der Waals surface area contributed by atoms with Gasteiger partial charge in [0.15, 0.2) is 6.61 Å². The molecule has 1 N–H and O–H groups in total. The van der Waals surface area contributed by atoms with E-state index in [2.05, 4.69) is 10.2 Å². The molecule has 0 aliphatic carbocycles. The number of nitrogens with zero attached hydrogens (tertiary/aromatic N) is 2. The minimum Gasteiger partial charge on any atom is -0.484 e. The molecular formula is C12H11FN2O4S. The molecule has 1 aromatic heterocycles. The molecule has 0 saturated carbocycles. The molecule has 106 valence electrons. The molecule has 2 rings (SSSR count). The van der Waals surface area contributed by atoms with Crippen molar-refractivity contribution >= 4 is 17.7 Å². The second kappa shape index (κ2) is 6.38. The molecule has 0 aliphatic heterocycles. The van der Waals surface area contributed by atoms with E-state index in [-0.39, 0.29) is 23.5 Å². The molecule has 0 fully saturated rings. The maximum Gasteiger partial charge on any atom is 0.316 e. The van der Waals surface area contributed by atoms with Crippen LogP contribution in [0.15, 0.2) is 33.9 Å². The van der Waals surface area contributed by atoms with Crippen molar-refractivity contribution < 1.29 is 23.4 Å². The monoisotopic (exact) mass is 298 g/mol. The van der Waals surface area contributed by atoms with Gasteiger partial charge < -0.3 is 14.3 Å². The molecule has 6 nitrogen and oxygen atoms in total. The molecule has 0 unspecified atom stereocenters. The van der Waals surface area contributed by atoms with Crippen molar-refractivity contribution in [1.29, 1.82) is 0 Å². The van der Waals surface area contributed by atoms with E-state index in [4.69, 9.17) is 14.3 Å². The largest absolute Gasteiger partial charge is 0.484 e. The molecule has 2 aromatic rings. The second-order valence-electron chi connectivity index (χ2n) is 3.80. The van der Waals surface area contributed by atoms with Crippen LogP contribution in [0, 0.1) is 5.82 Å². The summed E-state index contributed by atoms with van der Waals surface area (Å²) in [5, 5.41) is 15.7. The van der Waals surface area contributed by atoms with Gasteiger partial charge in [-0.3, -0.25) is 4.79 Å². The van der Waals surface area contributed by atoms with Gasteiger partial charge in [-0.25, -0.2) is 4.39 Å². The lowest BCUT2D eigenvalue weighted by Crippen LogP contribution is -2.10. The Morgan fingerprint density at radius 2 is 2.15 bits per heavy atom. The van der Waals surface area contributed by atoms with Crippen LogP contribution in [0.2, 0.25) is 0 Å². The Labute approximate surface area is 118 Å². The zero-order valence-corrected chi connectivity index (χ0v) is 11.3. The predicted molar refractivity (Wildman–Crippen MR) is 68.0 cm³/mol. The SMILES string of the molecule is C[C@@H](Sc1nnc(COc2ccc(F)cc2)o1)C(=O)O. The van der Waals surface area contributed by atoms with Crippen LogP contribution >= 0.6 is 11.8 Å². The van der Waals surface area contributed by atoms with Gasteiger partial charge in [0, 0.05) is 0 Å². The van der Waals surface area contributed by atoms with Crippen LogP contribution in [0.1, 0.15) is 12.8 Å². The van der Waals surface area contributed by atoms with Crippen LogP contribution in [0.25, 0.3) is 0 Å². The number of carboxylic acid groups (broad SMARTS) is 1. The lowest BCUT2D eigenvalue weighted by Gasteiger charge is -2.02. The van der Waals surface area contributed by atoms with Gasteiger partial charge in [0.1, 0.15) is 16.8 Å². The fourth-order valence-corrected chi connectivity index (χ4v) is 1.86. The number of benzene rings is 1. The Hall–Kier alpha value is -2.09. The molecule has 8 heteroatoms. The fraction of sp³-hybridized carbons (Fsp3) is 0.250. The highest BCUT2D eigenvalue weighted by Crippen LogP contribution is 2.22. The molecule has 1 aromatic carbocycles. The van der Waals surface area contributed by atoms with Gasteiger partial charge >= 0.3 is 5.97 Å². The van der Waals surface area contributed by atoms with Gasteiger partial charge in [0.2, 0.25) is 0 Å². The standard InChI is InChI=1S/C12H11FN2O4S/c1-7(11(16)17)20-12-15-14-10(19-12)6-18-9-4-2-8(13)3-5-9/h2-5,7H,6H2,1H3,(H,16,17)/t7-/m1/s1. The van der Waals surface area contributed by atoms with Crippen LogP contribution in [-0.4, -0.2) is 26.5 Å². The van der Waals surface area contributed by atoms with Crippen LogP contribution in [0.4, 0.5) is 4.39 Å². The zero-order valence-electron chi connectivity index (χ0n) is 10.4. The minimum atomic E-state index is -0.961. The van der Waals surface area contributed by atoms with Crippen molar-refractivity contribution in [1.82, 2.24) is 10.2 Å². The van der Waals surface area contributed by atoms with Crippen LogP contribution in [-0.2, 0) is 11.4 Å². The first-order chi connectivity index (χ1) is 9.54. The zero-order chi connectivity index (χ0) is 14.5. The van der Waals surface area contributed by atoms with E-state index < -0.39 is 11.2 Å². The van der Waals surface area contributed by atoms with E-state index in [9.17, 15) is 9.18 Å². The summed E-state index contributed by atoms with van der Waals surface area (Å²) in [6.07, 6.45) is 0. The van der Waals surface area contributed by atoms with Crippen molar-refractivity contribution in [3.05, 3.63) is 36.0 Å². The third-order valence-electron chi connectivity index (χ3n) is 2.25. The number of aromatic nitrogens is 2. The summed E-state index contributed by atoms with van der Waals surface area (Å²) in [5.41, 5.74) is 0. The highest BCUT2D eigenvalue weighted by molar-refractivity contribution is 8.00. The Kier molecular flexibility index (Phi) is 4.57. The number of ether oxygens (including phenoxy) is 1. The number of hydrogen-bond donors (Lipinski definition) is 1. The molecule has 20 heavy (non-hydrogen) atoms. The lowest BCUT2D eigenvalue weighted by atomic mass is 10.3. The highest BCUT2D eigenvalue weighted by Gasteiger charge is 2.17. The summed E-state index contributed by atoms with van der Waals surface area (Å²) in [6.45, 7) is 1.55. The summed E-state index contributed by atoms with van der Waals surface area (Å²) in [5.74, 6) is -0.624. The van der Waals surface area contributed by atoms with Gasteiger partial charge in [0.25, 0.3) is 11.1 Å². The third-order valence-corrected chi connectivity index (χ3v) is 3.17. The molecule has 0 spiro atoms. The topological polar surface area (TPSA) is 85.5 Å². The van der Waals surface area contributed by atoms with Crippen molar-refractivity contribution in [2.45, 2.75) is 24.0 Å². The quantitative estimate of drug-likeness (QED) is 0.819. The number of halogens is 1. The smallest absolute Gasteiger partial charge is 0.316 e. The average molecular weight is 298 g/mol. The van der Waals surface area contributed by atoms with Crippen LogP contribution in [0.3, 0.4) is 0 Å². The average Bonchev–Trinajstić information content (AvgIpc) is 2.85. The summed E-state index contributed by atoms with van der Waals surface area (Å²) < 4.78 is 23.2. The predicted octanol–water partition coefficient (Wildman–Crippen LogP) is 2.35. The first kappa shape index (κ1) is 14.3. The lowest BCUT2D eigenvalue weighted by molar-refractivity contribution is -0.136. The number of carbonyl (C=O) groups is 1. The Morgan fingerprint density at radius 1 is 1.45 bits per heavy atom. The van der Waals surface area contributed by atoms with E-state index >= 15 is 0 Å². The summed E-state index contributed by atoms with van der Waals surface area (Å²) in [4.78, 5) is 10.7. The van der Waals surface area contributed by atoms with Gasteiger partial charge in [0.05, 0.1) is 0 Å². The molecule has 0 bridgehead atoms. The Balaban J connectivity index is 1.89. The van der Waals surface area contributed by atoms with Crippen molar-refractivity contribution in [2.24, 2.45) is 0 Å². The van der Waals surface area contributed by atoms with E-state index in [1.165, 1.54) is 31.2 Å². The summed E-state index contributed by atoms with van der Waals surface area (Å²) >= 11 is 0.951. The first-order valence-corrected chi connectivity index (χ1v) is 6.53. The van der Waals surface area contributed by atoms with Gasteiger partial charge in [-0.1, -0.05) is 11.8 Å². The minimum absolute atomic E-state index is 0.0284. The number of aliphatic carboxylic acids is 1. The number of hydrogen-bond acceptors (Lipinski definition) is 6. The molecule has 0 saturated heterocycles.